The first-order valence-corrected chi connectivity index (χ1v) is 8.60. The zero-order valence-corrected chi connectivity index (χ0v) is 15.8. The van der Waals surface area contributed by atoms with Crippen LogP contribution in [-0.4, -0.2) is 45.2 Å². The number of hydrogen-bond donors (Lipinski definition) is 1. The van der Waals surface area contributed by atoms with Gasteiger partial charge in [0.15, 0.2) is 12.1 Å². The Hall–Kier alpha value is -3.48. The van der Waals surface area contributed by atoms with Gasteiger partial charge >= 0.3 is 5.97 Å². The summed E-state index contributed by atoms with van der Waals surface area (Å²) < 4.78 is 20.9. The van der Waals surface area contributed by atoms with Gasteiger partial charge in [-0.3, -0.25) is 4.79 Å². The van der Waals surface area contributed by atoms with E-state index in [9.17, 15) is 9.59 Å². The number of nitrogens with one attached hydrogen (secondary N) is 1. The lowest BCUT2D eigenvalue weighted by atomic mass is 10.1. The van der Waals surface area contributed by atoms with Crippen molar-refractivity contribution in [1.82, 2.24) is 0 Å². The fourth-order valence-electron chi connectivity index (χ4n) is 2.83. The zero-order chi connectivity index (χ0) is 20.1. The molecule has 1 aliphatic heterocycles. The first-order chi connectivity index (χ1) is 13.5. The summed E-state index contributed by atoms with van der Waals surface area (Å²) in [5.74, 6) is 0.847. The molecule has 0 saturated carbocycles. The third-order valence-electron chi connectivity index (χ3n) is 4.35. The van der Waals surface area contributed by atoms with E-state index >= 15 is 0 Å². The largest absolute Gasteiger partial charge is 0.497 e. The first-order valence-electron chi connectivity index (χ1n) is 8.60. The number of ether oxygens (including phenoxy) is 4. The summed E-state index contributed by atoms with van der Waals surface area (Å²) in [6.45, 7) is 0. The number of ketones is 1. The van der Waals surface area contributed by atoms with E-state index < -0.39 is 18.1 Å². The molecule has 1 N–H and O–H groups in total. The molecule has 28 heavy (non-hydrogen) atoms. The molecule has 146 valence electrons. The summed E-state index contributed by atoms with van der Waals surface area (Å²) in [4.78, 5) is 24.9. The predicted octanol–water partition coefficient (Wildman–Crippen LogP) is 2.67. The lowest BCUT2D eigenvalue weighted by molar-refractivity contribution is -0.145. The van der Waals surface area contributed by atoms with E-state index in [-0.39, 0.29) is 5.78 Å². The number of rotatable bonds is 7. The molecule has 7 heteroatoms. The van der Waals surface area contributed by atoms with Crippen LogP contribution >= 0.6 is 0 Å². The molecule has 2 aromatic carbocycles. The van der Waals surface area contributed by atoms with Crippen LogP contribution < -0.4 is 14.8 Å². The molecule has 7 nitrogen and oxygen atoms in total. The summed E-state index contributed by atoms with van der Waals surface area (Å²) in [6.07, 6.45) is 0.352. The molecule has 0 saturated heterocycles. The summed E-state index contributed by atoms with van der Waals surface area (Å²) in [7, 11) is 4.41. The second-order valence-electron chi connectivity index (χ2n) is 6.05. The van der Waals surface area contributed by atoms with Gasteiger partial charge in [-0.05, 0) is 48.5 Å². The van der Waals surface area contributed by atoms with Crippen LogP contribution in [0, 0.1) is 0 Å². The highest BCUT2D eigenvalue weighted by Crippen LogP contribution is 2.29. The van der Waals surface area contributed by atoms with E-state index in [1.165, 1.54) is 13.2 Å². The Balaban J connectivity index is 1.78. The summed E-state index contributed by atoms with van der Waals surface area (Å²) in [6, 6.07) is 13.1. The molecule has 2 atom stereocenters. The summed E-state index contributed by atoms with van der Waals surface area (Å²) in [5.41, 5.74) is 1.34. The molecule has 1 heterocycles. The van der Waals surface area contributed by atoms with Crippen molar-refractivity contribution in [2.45, 2.75) is 12.1 Å². The number of hydrogen-bond acceptors (Lipinski definition) is 7. The van der Waals surface area contributed by atoms with Crippen LogP contribution in [0.25, 0.3) is 5.76 Å². The van der Waals surface area contributed by atoms with Crippen molar-refractivity contribution in [3.63, 3.8) is 0 Å². The molecule has 3 rings (SSSR count). The minimum atomic E-state index is -1.04. The molecule has 0 amide bonds. The van der Waals surface area contributed by atoms with E-state index in [1.54, 1.807) is 62.8 Å². The van der Waals surface area contributed by atoms with Crippen LogP contribution in [-0.2, 0) is 19.1 Å². The number of anilines is 1. The number of methoxy groups -OCH3 is 3. The third-order valence-corrected chi connectivity index (χ3v) is 4.35. The van der Waals surface area contributed by atoms with Crippen molar-refractivity contribution in [3.8, 4) is 11.5 Å². The average Bonchev–Trinajstić information content (AvgIpc) is 3.13. The number of esters is 1. The second kappa shape index (κ2) is 8.47. The van der Waals surface area contributed by atoms with Crippen LogP contribution in [0.4, 0.5) is 5.69 Å². The molecule has 1 aliphatic rings. The van der Waals surface area contributed by atoms with Gasteiger partial charge in [-0.1, -0.05) is 0 Å². The minimum absolute atomic E-state index is 0.317. The first kappa shape index (κ1) is 19.3. The highest BCUT2D eigenvalue weighted by atomic mass is 16.5. The Kier molecular flexibility index (Phi) is 5.84. The Bertz CT molecular complexity index is 873. The molecule has 2 unspecified atom stereocenters. The van der Waals surface area contributed by atoms with Crippen LogP contribution in [0.15, 0.2) is 54.6 Å². The molecule has 0 aliphatic carbocycles. The van der Waals surface area contributed by atoms with Crippen LogP contribution in [0.5, 0.6) is 11.5 Å². The van der Waals surface area contributed by atoms with E-state index in [0.717, 1.165) is 0 Å². The van der Waals surface area contributed by atoms with Gasteiger partial charge in [0.05, 0.1) is 21.3 Å². The summed E-state index contributed by atoms with van der Waals surface area (Å²) >= 11 is 0. The fraction of sp³-hybridized carbons (Fsp3) is 0.238. The minimum Gasteiger partial charge on any atom is -0.497 e. The van der Waals surface area contributed by atoms with Crippen LogP contribution in [0.3, 0.4) is 0 Å². The van der Waals surface area contributed by atoms with Crippen molar-refractivity contribution >= 4 is 23.2 Å². The maximum atomic E-state index is 12.5. The lowest BCUT2D eigenvalue weighted by Crippen LogP contribution is -2.45. The number of carbonyl (C=O) groups is 2. The standard InChI is InChI=1S/C21H21NO6/c1-25-15-8-4-13(5-9-15)18-12-17(23)20(28-18)19(21(24)27-3)22-14-6-10-16(26-2)11-7-14/h4-12,19-20,22H,1-3H3. The predicted molar refractivity (Wildman–Crippen MR) is 103 cm³/mol. The topological polar surface area (TPSA) is 83.1 Å². The molecule has 2 aromatic rings. The molecular formula is C21H21NO6. The maximum absolute atomic E-state index is 12.5. The van der Waals surface area contributed by atoms with Gasteiger partial charge < -0.3 is 24.3 Å². The van der Waals surface area contributed by atoms with Gasteiger partial charge in [-0.2, -0.15) is 0 Å². The van der Waals surface area contributed by atoms with Gasteiger partial charge in [0.25, 0.3) is 0 Å². The number of carbonyl (C=O) groups excluding carboxylic acids is 2. The highest BCUT2D eigenvalue weighted by Gasteiger charge is 2.40. The quantitative estimate of drug-likeness (QED) is 0.736. The Labute approximate surface area is 162 Å². The highest BCUT2D eigenvalue weighted by molar-refractivity contribution is 6.05. The molecule has 0 bridgehead atoms. The van der Waals surface area contributed by atoms with Gasteiger partial charge in [0.2, 0.25) is 5.78 Å². The lowest BCUT2D eigenvalue weighted by Gasteiger charge is -2.23. The summed E-state index contributed by atoms with van der Waals surface area (Å²) in [5, 5.41) is 3.01. The molecule has 0 radical (unpaired) electrons. The van der Waals surface area contributed by atoms with Gasteiger partial charge in [0, 0.05) is 17.3 Å². The van der Waals surface area contributed by atoms with E-state index in [2.05, 4.69) is 5.32 Å². The SMILES string of the molecule is COC(=O)C(Nc1ccc(OC)cc1)C1OC(c2ccc(OC)cc2)=CC1=O. The maximum Gasteiger partial charge on any atom is 0.332 e. The Morgan fingerprint density at radius 2 is 1.54 bits per heavy atom. The molecular weight excluding hydrogens is 362 g/mol. The molecule has 0 fully saturated rings. The molecule has 0 aromatic heterocycles. The van der Waals surface area contributed by atoms with Gasteiger partial charge in [0.1, 0.15) is 17.3 Å². The Morgan fingerprint density at radius 3 is 2.07 bits per heavy atom. The number of benzene rings is 2. The fourth-order valence-corrected chi connectivity index (χ4v) is 2.83. The van der Waals surface area contributed by atoms with Crippen molar-refractivity contribution in [2.75, 3.05) is 26.6 Å². The van der Waals surface area contributed by atoms with Crippen molar-refractivity contribution in [1.29, 1.82) is 0 Å². The normalized spacial score (nSPS) is 16.6. The van der Waals surface area contributed by atoms with E-state index in [4.69, 9.17) is 18.9 Å². The van der Waals surface area contributed by atoms with Crippen molar-refractivity contribution < 1.29 is 28.5 Å². The van der Waals surface area contributed by atoms with Crippen LogP contribution in [0.1, 0.15) is 5.56 Å². The van der Waals surface area contributed by atoms with Crippen LogP contribution in [0.2, 0.25) is 0 Å². The Morgan fingerprint density at radius 1 is 0.964 bits per heavy atom. The molecule has 0 spiro atoms. The van der Waals surface area contributed by atoms with E-state index in [1.807, 2.05) is 0 Å². The van der Waals surface area contributed by atoms with Gasteiger partial charge in [-0.25, -0.2) is 4.79 Å². The third kappa shape index (κ3) is 4.09. The smallest absolute Gasteiger partial charge is 0.332 e. The zero-order valence-electron chi connectivity index (χ0n) is 15.8. The van der Waals surface area contributed by atoms with Gasteiger partial charge in [-0.15, -0.1) is 0 Å². The second-order valence-corrected chi connectivity index (χ2v) is 6.05. The van der Waals surface area contributed by atoms with Crippen molar-refractivity contribution in [3.05, 3.63) is 60.2 Å². The van der Waals surface area contributed by atoms with Crippen molar-refractivity contribution in [2.24, 2.45) is 0 Å². The monoisotopic (exact) mass is 383 g/mol. The average molecular weight is 383 g/mol. The van der Waals surface area contributed by atoms with E-state index in [0.29, 0.717) is 28.5 Å².